The van der Waals surface area contributed by atoms with Crippen molar-refractivity contribution in [1.29, 1.82) is 0 Å². The number of hydrogen-bond acceptors (Lipinski definition) is 4. The lowest BCUT2D eigenvalue weighted by molar-refractivity contribution is -0.120. The smallest absolute Gasteiger partial charge is 0.241 e. The summed E-state index contributed by atoms with van der Waals surface area (Å²) >= 11 is 0. The van der Waals surface area contributed by atoms with Gasteiger partial charge in [-0.05, 0) is 50.6 Å². The van der Waals surface area contributed by atoms with Crippen molar-refractivity contribution in [2.45, 2.75) is 26.8 Å². The van der Waals surface area contributed by atoms with E-state index in [0.29, 0.717) is 5.69 Å². The Labute approximate surface area is 161 Å². The highest BCUT2D eigenvalue weighted by Crippen LogP contribution is 2.18. The minimum absolute atomic E-state index is 0.266. The van der Waals surface area contributed by atoms with Crippen molar-refractivity contribution in [2.75, 3.05) is 23.7 Å². The number of anilines is 1. The highest BCUT2D eigenvalue weighted by molar-refractivity contribution is 7.92. The lowest BCUT2D eigenvalue weighted by Crippen LogP contribution is -2.44. The monoisotopic (exact) mass is 390 g/mol. The molecular formula is C20H26N2O4S. The number of benzene rings is 2. The molecule has 1 N–H and O–H groups in total. The van der Waals surface area contributed by atoms with Crippen LogP contribution in [0.2, 0.25) is 0 Å². The number of carbonyl (C=O) groups excluding carboxylic acids is 1. The molecule has 2 rings (SSSR count). The number of sulfonamides is 1. The van der Waals surface area contributed by atoms with Crippen LogP contribution in [0.4, 0.5) is 5.69 Å². The predicted molar refractivity (Wildman–Crippen MR) is 108 cm³/mol. The van der Waals surface area contributed by atoms with Gasteiger partial charge in [0, 0.05) is 0 Å². The van der Waals surface area contributed by atoms with Crippen molar-refractivity contribution in [2.24, 2.45) is 0 Å². The third kappa shape index (κ3) is 6.60. The van der Waals surface area contributed by atoms with Crippen LogP contribution in [0.3, 0.4) is 0 Å². The van der Waals surface area contributed by atoms with Crippen LogP contribution in [0, 0.1) is 13.8 Å². The van der Waals surface area contributed by atoms with Gasteiger partial charge in [-0.15, -0.1) is 0 Å². The summed E-state index contributed by atoms with van der Waals surface area (Å²) in [4.78, 5) is 12.4. The summed E-state index contributed by atoms with van der Waals surface area (Å²) in [5.74, 6) is 0.334. The number of aryl methyl sites for hydroxylation is 2. The Kier molecular flexibility index (Phi) is 6.85. The van der Waals surface area contributed by atoms with Crippen LogP contribution in [0.25, 0.3) is 0 Å². The predicted octanol–water partition coefficient (Wildman–Crippen LogP) is 2.65. The molecule has 0 aromatic heterocycles. The summed E-state index contributed by atoms with van der Waals surface area (Å²) in [5.41, 5.74) is 2.53. The summed E-state index contributed by atoms with van der Waals surface area (Å²) in [6, 6.07) is 14.4. The minimum Gasteiger partial charge on any atom is -0.491 e. The zero-order chi connectivity index (χ0) is 20.0. The van der Waals surface area contributed by atoms with E-state index in [4.69, 9.17) is 4.74 Å². The van der Waals surface area contributed by atoms with E-state index in [1.807, 2.05) is 51.1 Å². The fourth-order valence-electron chi connectivity index (χ4n) is 2.53. The molecule has 1 amide bonds. The van der Waals surface area contributed by atoms with Crippen LogP contribution >= 0.6 is 0 Å². The fourth-order valence-corrected chi connectivity index (χ4v) is 3.38. The molecule has 0 unspecified atom stereocenters. The Morgan fingerprint density at radius 1 is 1.11 bits per heavy atom. The van der Waals surface area contributed by atoms with E-state index < -0.39 is 10.0 Å². The van der Waals surface area contributed by atoms with E-state index >= 15 is 0 Å². The number of amides is 1. The number of hydrogen-bond donors (Lipinski definition) is 1. The molecule has 0 aliphatic carbocycles. The average Bonchev–Trinajstić information content (AvgIpc) is 2.58. The maximum absolute atomic E-state index is 12.4. The summed E-state index contributed by atoms with van der Waals surface area (Å²) in [6.45, 7) is 5.68. The van der Waals surface area contributed by atoms with Gasteiger partial charge in [-0.1, -0.05) is 29.8 Å². The molecule has 146 valence electrons. The molecule has 0 spiro atoms. The lowest BCUT2D eigenvalue weighted by Gasteiger charge is -2.23. The van der Waals surface area contributed by atoms with Crippen LogP contribution in [0.5, 0.6) is 5.75 Å². The molecule has 2 aromatic rings. The molecule has 7 heteroatoms. The van der Waals surface area contributed by atoms with Gasteiger partial charge < -0.3 is 10.1 Å². The van der Waals surface area contributed by atoms with Gasteiger partial charge in [0.1, 0.15) is 18.9 Å². The molecule has 0 aliphatic heterocycles. The van der Waals surface area contributed by atoms with E-state index in [1.165, 1.54) is 0 Å². The summed E-state index contributed by atoms with van der Waals surface area (Å²) in [5, 5.41) is 2.78. The zero-order valence-corrected chi connectivity index (χ0v) is 16.9. The molecule has 0 saturated carbocycles. The van der Waals surface area contributed by atoms with Gasteiger partial charge in [0.15, 0.2) is 0 Å². The fraction of sp³-hybridized carbons (Fsp3) is 0.350. The van der Waals surface area contributed by atoms with E-state index in [9.17, 15) is 13.2 Å². The second-order valence-corrected chi connectivity index (χ2v) is 8.61. The molecule has 6 nitrogen and oxygen atoms in total. The van der Waals surface area contributed by atoms with E-state index in [0.717, 1.165) is 27.4 Å². The number of rotatable bonds is 8. The van der Waals surface area contributed by atoms with E-state index in [-0.39, 0.29) is 25.1 Å². The maximum atomic E-state index is 12.4. The normalized spacial score (nSPS) is 12.3. The van der Waals surface area contributed by atoms with Gasteiger partial charge in [-0.3, -0.25) is 9.10 Å². The van der Waals surface area contributed by atoms with Crippen molar-refractivity contribution in [3.8, 4) is 5.75 Å². The molecular weight excluding hydrogens is 364 g/mol. The first-order valence-electron chi connectivity index (χ1n) is 8.68. The number of ether oxygens (including phenoxy) is 1. The van der Waals surface area contributed by atoms with E-state index in [2.05, 4.69) is 5.32 Å². The van der Waals surface area contributed by atoms with Crippen LogP contribution in [0.1, 0.15) is 18.1 Å². The summed E-state index contributed by atoms with van der Waals surface area (Å²) in [6.07, 6.45) is 1.09. The first-order valence-corrected chi connectivity index (χ1v) is 10.5. The SMILES string of the molecule is Cc1ccc(OC[C@@H](C)NC(=O)CN(c2cccc(C)c2)S(C)(=O)=O)cc1. The molecule has 0 fully saturated rings. The molecule has 1 atom stereocenters. The van der Waals surface area contributed by atoms with Gasteiger partial charge in [-0.25, -0.2) is 8.42 Å². The Morgan fingerprint density at radius 3 is 2.37 bits per heavy atom. The maximum Gasteiger partial charge on any atom is 0.241 e. The Balaban J connectivity index is 1.95. The molecule has 0 saturated heterocycles. The van der Waals surface area contributed by atoms with Crippen LogP contribution in [0.15, 0.2) is 48.5 Å². The molecule has 0 bridgehead atoms. The lowest BCUT2D eigenvalue weighted by atomic mass is 10.2. The second-order valence-electron chi connectivity index (χ2n) is 6.70. The summed E-state index contributed by atoms with van der Waals surface area (Å²) < 4.78 is 31.0. The Hall–Kier alpha value is -2.54. The van der Waals surface area contributed by atoms with Crippen molar-refractivity contribution in [1.82, 2.24) is 5.32 Å². The number of nitrogens with one attached hydrogen (secondary N) is 1. The second kappa shape index (κ2) is 8.90. The molecule has 0 radical (unpaired) electrons. The minimum atomic E-state index is -3.58. The summed E-state index contributed by atoms with van der Waals surface area (Å²) in [7, 11) is -3.58. The average molecular weight is 391 g/mol. The van der Waals surface area contributed by atoms with Gasteiger partial charge in [0.2, 0.25) is 15.9 Å². The van der Waals surface area contributed by atoms with Gasteiger partial charge in [-0.2, -0.15) is 0 Å². The van der Waals surface area contributed by atoms with E-state index in [1.54, 1.807) is 18.2 Å². The standard InChI is InChI=1S/C20H26N2O4S/c1-15-8-10-19(11-9-15)26-14-17(3)21-20(23)13-22(27(4,24)25)18-7-5-6-16(2)12-18/h5-12,17H,13-14H2,1-4H3,(H,21,23)/t17-/m1/s1. The quantitative estimate of drug-likeness (QED) is 0.752. The van der Waals surface area contributed by atoms with Crippen LogP contribution < -0.4 is 14.4 Å². The van der Waals surface area contributed by atoms with Crippen LogP contribution in [-0.4, -0.2) is 39.8 Å². The third-order valence-corrected chi connectivity index (χ3v) is 5.05. The number of carbonyl (C=O) groups is 1. The first-order chi connectivity index (χ1) is 12.6. The highest BCUT2D eigenvalue weighted by atomic mass is 32.2. The van der Waals surface area contributed by atoms with Crippen molar-refractivity contribution >= 4 is 21.6 Å². The Bertz CT molecular complexity index is 879. The van der Waals surface area contributed by atoms with Crippen molar-refractivity contribution in [3.63, 3.8) is 0 Å². The Morgan fingerprint density at radius 2 is 1.78 bits per heavy atom. The third-order valence-electron chi connectivity index (χ3n) is 3.91. The van der Waals surface area contributed by atoms with Gasteiger partial charge in [0.25, 0.3) is 0 Å². The highest BCUT2D eigenvalue weighted by Gasteiger charge is 2.21. The molecule has 0 heterocycles. The number of nitrogens with zero attached hydrogens (tertiary/aromatic N) is 1. The zero-order valence-electron chi connectivity index (χ0n) is 16.1. The topological polar surface area (TPSA) is 75.7 Å². The largest absolute Gasteiger partial charge is 0.491 e. The van der Waals surface area contributed by atoms with Gasteiger partial charge in [0.05, 0.1) is 18.0 Å². The first kappa shape index (κ1) is 20.8. The molecule has 27 heavy (non-hydrogen) atoms. The van der Waals surface area contributed by atoms with Crippen LogP contribution in [-0.2, 0) is 14.8 Å². The molecule has 0 aliphatic rings. The van der Waals surface area contributed by atoms with Gasteiger partial charge >= 0.3 is 0 Å². The van der Waals surface area contributed by atoms with Crippen molar-refractivity contribution in [3.05, 3.63) is 59.7 Å². The molecule has 2 aromatic carbocycles. The van der Waals surface area contributed by atoms with Crippen molar-refractivity contribution < 1.29 is 17.9 Å².